The lowest BCUT2D eigenvalue weighted by atomic mass is 10.1. The smallest absolute Gasteiger partial charge is 0.190 e. The molecule has 1 aromatic heterocycles. The fraction of sp³-hybridized carbons (Fsp3) is 0.471. The predicted octanol–water partition coefficient (Wildman–Crippen LogP) is 2.09. The molecule has 1 heterocycles. The number of ether oxygens (including phenoxy) is 1. The second-order valence-electron chi connectivity index (χ2n) is 5.43. The number of rotatable bonds is 9. The zero-order valence-electron chi connectivity index (χ0n) is 14.8. The third-order valence-corrected chi connectivity index (χ3v) is 3.69. The van der Waals surface area contributed by atoms with Gasteiger partial charge in [-0.3, -0.25) is 4.99 Å². The molecule has 7 nitrogen and oxygen atoms in total. The largest absolute Gasteiger partial charge is 0.497 e. The van der Waals surface area contributed by atoms with Crippen LogP contribution in [0.3, 0.4) is 0 Å². The van der Waals surface area contributed by atoms with Gasteiger partial charge in [-0.2, -0.15) is 0 Å². The number of unbranched alkanes of at least 4 members (excludes halogenated alkanes) is 1. The van der Waals surface area contributed by atoms with Crippen LogP contribution in [0, 0.1) is 0 Å². The highest BCUT2D eigenvalue weighted by molar-refractivity contribution is 14.0. The Morgan fingerprint density at radius 1 is 1.08 bits per heavy atom. The summed E-state index contributed by atoms with van der Waals surface area (Å²) in [7, 11) is 3.47. The molecule has 0 radical (unpaired) electrons. The van der Waals surface area contributed by atoms with Gasteiger partial charge in [-0.15, -0.1) is 34.2 Å². The average molecular weight is 458 g/mol. The summed E-state index contributed by atoms with van der Waals surface area (Å²) in [6.45, 7) is 2.68. The van der Waals surface area contributed by atoms with Crippen LogP contribution in [0.5, 0.6) is 5.75 Å². The quantitative estimate of drug-likeness (QED) is 0.261. The predicted molar refractivity (Wildman–Crippen MR) is 111 cm³/mol. The van der Waals surface area contributed by atoms with E-state index in [1.165, 1.54) is 5.56 Å². The van der Waals surface area contributed by atoms with Crippen molar-refractivity contribution in [3.05, 3.63) is 42.5 Å². The molecule has 0 spiro atoms. The van der Waals surface area contributed by atoms with Crippen LogP contribution in [0.15, 0.2) is 41.9 Å². The number of nitrogens with one attached hydrogen (secondary N) is 2. The highest BCUT2D eigenvalue weighted by Gasteiger charge is 1.99. The molecule has 0 aliphatic carbocycles. The van der Waals surface area contributed by atoms with E-state index in [2.05, 4.69) is 38.0 Å². The summed E-state index contributed by atoms with van der Waals surface area (Å²) in [6.07, 6.45) is 6.57. The Morgan fingerprint density at radius 3 is 2.40 bits per heavy atom. The summed E-state index contributed by atoms with van der Waals surface area (Å²) in [5.74, 6) is 1.73. The molecule has 0 saturated carbocycles. The Kier molecular flexibility index (Phi) is 10.6. The van der Waals surface area contributed by atoms with E-state index in [0.29, 0.717) is 0 Å². The standard InChI is InChI=1S/C17H26N6O.HI/c1-18-17(19-10-3-4-12-23-13-21-22-14-23)20-11-9-15-5-7-16(24-2)8-6-15;/h5-8,13-14H,3-4,9-12H2,1-2H3,(H2,18,19,20);1H. The Bertz CT molecular complexity index is 600. The average Bonchev–Trinajstić information content (AvgIpc) is 3.14. The molecule has 0 aliphatic rings. The fourth-order valence-corrected chi connectivity index (χ4v) is 2.30. The van der Waals surface area contributed by atoms with E-state index in [9.17, 15) is 0 Å². The molecule has 0 aliphatic heterocycles. The van der Waals surface area contributed by atoms with Crippen molar-refractivity contribution in [1.82, 2.24) is 25.4 Å². The van der Waals surface area contributed by atoms with Crippen molar-refractivity contribution < 1.29 is 4.74 Å². The Morgan fingerprint density at radius 2 is 1.76 bits per heavy atom. The van der Waals surface area contributed by atoms with Gasteiger partial charge in [0.15, 0.2) is 5.96 Å². The van der Waals surface area contributed by atoms with Gasteiger partial charge < -0.3 is 19.9 Å². The fourth-order valence-electron chi connectivity index (χ4n) is 2.30. The molecule has 138 valence electrons. The Balaban J connectivity index is 0.00000312. The van der Waals surface area contributed by atoms with Gasteiger partial charge >= 0.3 is 0 Å². The van der Waals surface area contributed by atoms with Crippen LogP contribution in [0.25, 0.3) is 0 Å². The number of nitrogens with zero attached hydrogens (tertiary/aromatic N) is 4. The lowest BCUT2D eigenvalue weighted by Gasteiger charge is -2.12. The molecule has 2 N–H and O–H groups in total. The van der Waals surface area contributed by atoms with Crippen molar-refractivity contribution >= 4 is 29.9 Å². The van der Waals surface area contributed by atoms with Crippen molar-refractivity contribution in [3.63, 3.8) is 0 Å². The summed E-state index contributed by atoms with van der Waals surface area (Å²) in [4.78, 5) is 4.24. The van der Waals surface area contributed by atoms with Gasteiger partial charge in [-0.05, 0) is 37.0 Å². The van der Waals surface area contributed by atoms with Crippen molar-refractivity contribution in [3.8, 4) is 5.75 Å². The van der Waals surface area contributed by atoms with E-state index in [1.54, 1.807) is 26.8 Å². The van der Waals surface area contributed by atoms with Gasteiger partial charge in [0, 0.05) is 26.7 Å². The van der Waals surface area contributed by atoms with E-state index >= 15 is 0 Å². The van der Waals surface area contributed by atoms with Crippen LogP contribution >= 0.6 is 24.0 Å². The maximum Gasteiger partial charge on any atom is 0.190 e. The normalized spacial score (nSPS) is 10.9. The molecule has 25 heavy (non-hydrogen) atoms. The number of aliphatic imine (C=N–C) groups is 1. The number of aryl methyl sites for hydroxylation is 1. The number of hydrogen-bond donors (Lipinski definition) is 2. The summed E-state index contributed by atoms with van der Waals surface area (Å²) in [5.41, 5.74) is 1.27. The van der Waals surface area contributed by atoms with Crippen LogP contribution in [-0.4, -0.2) is 48.0 Å². The van der Waals surface area contributed by atoms with Gasteiger partial charge in [0.2, 0.25) is 0 Å². The van der Waals surface area contributed by atoms with Gasteiger partial charge in [-0.25, -0.2) is 0 Å². The third-order valence-electron chi connectivity index (χ3n) is 3.69. The number of guanidine groups is 1. The monoisotopic (exact) mass is 458 g/mol. The second-order valence-corrected chi connectivity index (χ2v) is 5.43. The van der Waals surface area contributed by atoms with Gasteiger partial charge in [0.05, 0.1) is 7.11 Å². The van der Waals surface area contributed by atoms with E-state index in [-0.39, 0.29) is 24.0 Å². The molecule has 1 aromatic carbocycles. The number of halogens is 1. The first-order valence-corrected chi connectivity index (χ1v) is 8.21. The summed E-state index contributed by atoms with van der Waals surface area (Å²) >= 11 is 0. The third kappa shape index (κ3) is 8.19. The molecular weight excluding hydrogens is 431 g/mol. The number of aromatic nitrogens is 3. The number of methoxy groups -OCH3 is 1. The lowest BCUT2D eigenvalue weighted by Crippen LogP contribution is -2.38. The maximum atomic E-state index is 5.16. The van der Waals surface area contributed by atoms with Crippen LogP contribution in [0.2, 0.25) is 0 Å². The molecule has 0 bridgehead atoms. The second kappa shape index (κ2) is 12.5. The van der Waals surface area contributed by atoms with Crippen LogP contribution in [-0.2, 0) is 13.0 Å². The Labute approximate surface area is 166 Å². The molecule has 0 unspecified atom stereocenters. The van der Waals surface area contributed by atoms with Crippen LogP contribution < -0.4 is 15.4 Å². The molecule has 8 heteroatoms. The molecule has 2 rings (SSSR count). The van der Waals surface area contributed by atoms with E-state index in [1.807, 2.05) is 16.7 Å². The van der Waals surface area contributed by atoms with E-state index in [0.717, 1.165) is 50.6 Å². The topological polar surface area (TPSA) is 76.4 Å². The summed E-state index contributed by atoms with van der Waals surface area (Å²) < 4.78 is 7.15. The first kappa shape index (κ1) is 21.2. The van der Waals surface area contributed by atoms with E-state index < -0.39 is 0 Å². The van der Waals surface area contributed by atoms with Gasteiger partial charge in [0.25, 0.3) is 0 Å². The molecule has 0 amide bonds. The molecule has 2 aromatic rings. The zero-order chi connectivity index (χ0) is 17.0. The minimum atomic E-state index is 0. The molecule has 0 fully saturated rings. The minimum Gasteiger partial charge on any atom is -0.497 e. The van der Waals surface area contributed by atoms with Gasteiger partial charge in [0.1, 0.15) is 18.4 Å². The lowest BCUT2D eigenvalue weighted by molar-refractivity contribution is 0.414. The highest BCUT2D eigenvalue weighted by atomic mass is 127. The maximum absolute atomic E-state index is 5.16. The van der Waals surface area contributed by atoms with Crippen LogP contribution in [0.1, 0.15) is 18.4 Å². The van der Waals surface area contributed by atoms with E-state index in [4.69, 9.17) is 4.74 Å². The summed E-state index contributed by atoms with van der Waals surface area (Å²) in [5, 5.41) is 14.3. The number of hydrogen-bond acceptors (Lipinski definition) is 4. The van der Waals surface area contributed by atoms with Crippen molar-refractivity contribution in [1.29, 1.82) is 0 Å². The first-order valence-electron chi connectivity index (χ1n) is 8.21. The van der Waals surface area contributed by atoms with Crippen molar-refractivity contribution in [2.75, 3.05) is 27.2 Å². The first-order chi connectivity index (χ1) is 11.8. The van der Waals surface area contributed by atoms with Crippen LogP contribution in [0.4, 0.5) is 0 Å². The molecular formula is C17H27IN6O. The molecule has 0 atom stereocenters. The summed E-state index contributed by atoms with van der Waals surface area (Å²) in [6, 6.07) is 8.14. The van der Waals surface area contributed by atoms with Crippen molar-refractivity contribution in [2.24, 2.45) is 4.99 Å². The highest BCUT2D eigenvalue weighted by Crippen LogP contribution is 2.11. The van der Waals surface area contributed by atoms with Crippen molar-refractivity contribution in [2.45, 2.75) is 25.8 Å². The number of benzene rings is 1. The minimum absolute atomic E-state index is 0. The Hall–Kier alpha value is -1.84. The SMILES string of the molecule is CN=C(NCCCCn1cnnc1)NCCc1ccc(OC)cc1.I. The zero-order valence-corrected chi connectivity index (χ0v) is 17.1. The molecule has 0 saturated heterocycles. The van der Waals surface area contributed by atoms with Gasteiger partial charge in [-0.1, -0.05) is 12.1 Å².